The van der Waals surface area contributed by atoms with Crippen LogP contribution in [0.5, 0.6) is 0 Å². The van der Waals surface area contributed by atoms with E-state index in [4.69, 9.17) is 4.52 Å². The van der Waals surface area contributed by atoms with Crippen molar-refractivity contribution in [3.8, 4) is 0 Å². The summed E-state index contributed by atoms with van der Waals surface area (Å²) in [5.74, 6) is 2.50. The lowest BCUT2D eigenvalue weighted by Gasteiger charge is -2.16. The lowest BCUT2D eigenvalue weighted by atomic mass is 10.3. The molecule has 0 radical (unpaired) electrons. The topological polar surface area (TPSA) is 54.2 Å². The predicted octanol–water partition coefficient (Wildman–Crippen LogP) is 0.817. The van der Waals surface area contributed by atoms with Crippen molar-refractivity contribution in [2.75, 3.05) is 26.2 Å². The van der Waals surface area contributed by atoms with Crippen LogP contribution in [0, 0.1) is 5.92 Å². The first kappa shape index (κ1) is 11.2. The molecule has 0 unspecified atom stereocenters. The highest BCUT2D eigenvalue weighted by Gasteiger charge is 2.24. The molecule has 1 aliphatic carbocycles. The molecule has 3 rings (SSSR count). The van der Waals surface area contributed by atoms with Gasteiger partial charge in [-0.1, -0.05) is 5.16 Å². The Morgan fingerprint density at radius 2 is 2.24 bits per heavy atom. The Balaban J connectivity index is 1.53. The van der Waals surface area contributed by atoms with Gasteiger partial charge in [0.1, 0.15) is 0 Å². The van der Waals surface area contributed by atoms with Crippen molar-refractivity contribution in [1.29, 1.82) is 0 Å². The van der Waals surface area contributed by atoms with Gasteiger partial charge in [0, 0.05) is 19.5 Å². The van der Waals surface area contributed by atoms with E-state index in [9.17, 15) is 0 Å². The second kappa shape index (κ2) is 5.14. The molecule has 1 saturated heterocycles. The lowest BCUT2D eigenvalue weighted by molar-refractivity contribution is 0.238. The quantitative estimate of drug-likeness (QED) is 0.838. The minimum Gasteiger partial charge on any atom is -0.338 e. The minimum atomic E-state index is 0.780. The van der Waals surface area contributed by atoms with E-state index in [0.717, 1.165) is 56.8 Å². The highest BCUT2D eigenvalue weighted by molar-refractivity contribution is 4.92. The Bertz CT molecular complexity index is 353. The molecule has 2 aliphatic rings. The molecule has 1 aromatic heterocycles. The Hall–Kier alpha value is -0.940. The van der Waals surface area contributed by atoms with Crippen LogP contribution in [-0.2, 0) is 13.0 Å². The van der Waals surface area contributed by atoms with Crippen LogP contribution in [0.25, 0.3) is 0 Å². The van der Waals surface area contributed by atoms with Crippen LogP contribution in [0.1, 0.15) is 31.0 Å². The first-order valence-corrected chi connectivity index (χ1v) is 6.65. The van der Waals surface area contributed by atoms with Crippen LogP contribution >= 0.6 is 0 Å². The zero-order chi connectivity index (χ0) is 11.5. The van der Waals surface area contributed by atoms with E-state index < -0.39 is 0 Å². The molecule has 0 aromatic carbocycles. The molecule has 1 N–H and O–H groups in total. The van der Waals surface area contributed by atoms with Crippen LogP contribution < -0.4 is 5.32 Å². The van der Waals surface area contributed by atoms with Crippen molar-refractivity contribution in [3.05, 3.63) is 11.7 Å². The summed E-state index contributed by atoms with van der Waals surface area (Å²) in [6.07, 6.45) is 4.87. The van der Waals surface area contributed by atoms with Crippen molar-refractivity contribution >= 4 is 0 Å². The van der Waals surface area contributed by atoms with E-state index in [1.54, 1.807) is 0 Å². The molecule has 2 fully saturated rings. The number of nitrogens with zero attached hydrogens (tertiary/aromatic N) is 3. The highest BCUT2D eigenvalue weighted by Crippen LogP contribution is 2.31. The molecule has 94 valence electrons. The number of nitrogens with one attached hydrogen (secondary N) is 1. The Morgan fingerprint density at radius 1 is 1.29 bits per heavy atom. The molecule has 1 aliphatic heterocycles. The van der Waals surface area contributed by atoms with Gasteiger partial charge in [0.15, 0.2) is 5.82 Å². The molecule has 0 atom stereocenters. The van der Waals surface area contributed by atoms with Crippen molar-refractivity contribution in [2.45, 2.75) is 32.2 Å². The van der Waals surface area contributed by atoms with Gasteiger partial charge in [-0.25, -0.2) is 0 Å². The third-order valence-corrected chi connectivity index (χ3v) is 3.47. The first-order valence-electron chi connectivity index (χ1n) is 6.65. The average molecular weight is 236 g/mol. The van der Waals surface area contributed by atoms with Crippen LogP contribution in [0.4, 0.5) is 0 Å². The smallest absolute Gasteiger partial charge is 0.240 e. The Morgan fingerprint density at radius 3 is 3.12 bits per heavy atom. The molecule has 1 aromatic rings. The molecular formula is C12H20N4O. The fraction of sp³-hybridized carbons (Fsp3) is 0.833. The first-order chi connectivity index (χ1) is 8.40. The highest BCUT2D eigenvalue weighted by atomic mass is 16.5. The summed E-state index contributed by atoms with van der Waals surface area (Å²) < 4.78 is 5.31. The van der Waals surface area contributed by atoms with E-state index in [-0.39, 0.29) is 0 Å². The van der Waals surface area contributed by atoms with E-state index in [1.807, 2.05) is 0 Å². The zero-order valence-electron chi connectivity index (χ0n) is 10.2. The molecule has 5 nitrogen and oxygen atoms in total. The molecular weight excluding hydrogens is 216 g/mol. The number of hydrogen-bond acceptors (Lipinski definition) is 5. The number of aromatic nitrogens is 2. The summed E-state index contributed by atoms with van der Waals surface area (Å²) in [5.41, 5.74) is 0. The van der Waals surface area contributed by atoms with Crippen molar-refractivity contribution in [3.63, 3.8) is 0 Å². The molecule has 0 spiro atoms. The Kier molecular flexibility index (Phi) is 3.38. The van der Waals surface area contributed by atoms with Gasteiger partial charge in [0.25, 0.3) is 0 Å². The minimum absolute atomic E-state index is 0.780. The molecule has 5 heteroatoms. The normalized spacial score (nSPS) is 22.6. The van der Waals surface area contributed by atoms with Gasteiger partial charge < -0.3 is 9.84 Å². The van der Waals surface area contributed by atoms with E-state index in [1.165, 1.54) is 19.3 Å². The molecule has 0 bridgehead atoms. The van der Waals surface area contributed by atoms with E-state index in [2.05, 4.69) is 20.4 Å². The average Bonchev–Trinajstić information content (AvgIpc) is 3.06. The maximum Gasteiger partial charge on any atom is 0.240 e. The number of rotatable bonds is 4. The third-order valence-electron chi connectivity index (χ3n) is 3.47. The lowest BCUT2D eigenvalue weighted by Crippen LogP contribution is -2.27. The maximum atomic E-state index is 5.31. The predicted molar refractivity (Wildman–Crippen MR) is 63.5 cm³/mol. The van der Waals surface area contributed by atoms with Crippen LogP contribution in [0.15, 0.2) is 4.52 Å². The van der Waals surface area contributed by atoms with Gasteiger partial charge in [-0.2, -0.15) is 4.98 Å². The second-order valence-corrected chi connectivity index (χ2v) is 5.13. The summed E-state index contributed by atoms with van der Waals surface area (Å²) >= 11 is 0. The molecule has 17 heavy (non-hydrogen) atoms. The van der Waals surface area contributed by atoms with Crippen LogP contribution in [0.3, 0.4) is 0 Å². The summed E-state index contributed by atoms with van der Waals surface area (Å²) in [6.45, 7) is 5.17. The maximum absolute atomic E-state index is 5.31. The van der Waals surface area contributed by atoms with Gasteiger partial charge >= 0.3 is 0 Å². The third kappa shape index (κ3) is 3.26. The standard InChI is InChI=1S/C12H20N4O/c1-4-13-5-7-16(6-1)9-12-14-11(15-17-12)8-10-2-3-10/h10,13H,1-9H2. The zero-order valence-corrected chi connectivity index (χ0v) is 10.2. The summed E-state index contributed by atoms with van der Waals surface area (Å²) in [5, 5.41) is 7.45. The van der Waals surface area contributed by atoms with Gasteiger partial charge in [-0.15, -0.1) is 0 Å². The largest absolute Gasteiger partial charge is 0.338 e. The summed E-state index contributed by atoms with van der Waals surface area (Å²) in [6, 6.07) is 0. The van der Waals surface area contributed by atoms with Gasteiger partial charge in [-0.3, -0.25) is 4.90 Å². The molecule has 2 heterocycles. The molecule has 0 amide bonds. The van der Waals surface area contributed by atoms with Crippen molar-refractivity contribution < 1.29 is 4.52 Å². The SMILES string of the molecule is C1CNCCN(Cc2nc(CC3CC3)no2)C1. The fourth-order valence-electron chi connectivity index (χ4n) is 2.27. The molecule has 1 saturated carbocycles. The van der Waals surface area contributed by atoms with Gasteiger partial charge in [0.05, 0.1) is 6.54 Å². The summed E-state index contributed by atoms with van der Waals surface area (Å²) in [7, 11) is 0. The second-order valence-electron chi connectivity index (χ2n) is 5.13. The van der Waals surface area contributed by atoms with Crippen molar-refractivity contribution in [2.24, 2.45) is 5.92 Å². The number of hydrogen-bond donors (Lipinski definition) is 1. The monoisotopic (exact) mass is 236 g/mol. The van der Waals surface area contributed by atoms with Gasteiger partial charge in [-0.05, 0) is 38.3 Å². The van der Waals surface area contributed by atoms with Crippen LogP contribution in [0.2, 0.25) is 0 Å². The summed E-state index contributed by atoms with van der Waals surface area (Å²) in [4.78, 5) is 6.86. The fourth-order valence-corrected chi connectivity index (χ4v) is 2.27. The van der Waals surface area contributed by atoms with Gasteiger partial charge in [0.2, 0.25) is 5.89 Å². The van der Waals surface area contributed by atoms with Crippen molar-refractivity contribution in [1.82, 2.24) is 20.4 Å². The Labute approximate surface area is 102 Å². The van der Waals surface area contributed by atoms with Crippen LogP contribution in [-0.4, -0.2) is 41.2 Å². The van der Waals surface area contributed by atoms with E-state index in [0.29, 0.717) is 0 Å². The van der Waals surface area contributed by atoms with E-state index >= 15 is 0 Å².